The fourth-order valence-electron chi connectivity index (χ4n) is 3.51. The average molecular weight is 359 g/mol. The number of hydrogen-bond donors (Lipinski definition) is 3. The Kier molecular flexibility index (Phi) is 6.89. The molecule has 0 amide bonds. The molecule has 3 rings (SSSR count). The summed E-state index contributed by atoms with van der Waals surface area (Å²) in [6.45, 7) is 4.07. The molecule has 1 fully saturated rings. The highest BCUT2D eigenvalue weighted by Gasteiger charge is 2.28. The molecule has 1 saturated heterocycles. The summed E-state index contributed by atoms with van der Waals surface area (Å²) in [6.07, 6.45) is 6.68. The van der Waals surface area contributed by atoms with Crippen LogP contribution in [0.3, 0.4) is 0 Å². The van der Waals surface area contributed by atoms with E-state index in [1.54, 1.807) is 11.2 Å². The van der Waals surface area contributed by atoms with Gasteiger partial charge in [0.2, 0.25) is 0 Å². The van der Waals surface area contributed by atoms with Gasteiger partial charge in [0.15, 0.2) is 16.9 Å². The second kappa shape index (κ2) is 9.59. The van der Waals surface area contributed by atoms with Crippen molar-refractivity contribution in [2.24, 2.45) is 0 Å². The van der Waals surface area contributed by atoms with Crippen LogP contribution >= 0.6 is 12.2 Å². The minimum Gasteiger partial charge on any atom is -0.463 e. The molecule has 1 aliphatic rings. The van der Waals surface area contributed by atoms with Gasteiger partial charge in [0.05, 0.1) is 25.9 Å². The van der Waals surface area contributed by atoms with Gasteiger partial charge in [-0.2, -0.15) is 0 Å². The van der Waals surface area contributed by atoms with E-state index in [1.165, 1.54) is 37.9 Å². The van der Waals surface area contributed by atoms with Crippen LogP contribution in [0.1, 0.15) is 36.6 Å². The molecule has 0 bridgehead atoms. The Bertz CT molecular complexity index is 624. The molecular formula is C20H28N3OS+. The Hall–Kier alpha value is -1.85. The van der Waals surface area contributed by atoms with Crippen molar-refractivity contribution in [1.82, 2.24) is 10.6 Å². The van der Waals surface area contributed by atoms with Crippen LogP contribution in [0, 0.1) is 0 Å². The second-order valence-electron chi connectivity index (χ2n) is 6.66. The normalized spacial score (nSPS) is 16.3. The second-order valence-corrected chi connectivity index (χ2v) is 7.07. The van der Waals surface area contributed by atoms with Gasteiger partial charge in [0.25, 0.3) is 0 Å². The third-order valence-electron chi connectivity index (χ3n) is 4.88. The van der Waals surface area contributed by atoms with Crippen LogP contribution in [0.4, 0.5) is 0 Å². The number of nitrogens with one attached hydrogen (secondary N) is 3. The topological polar surface area (TPSA) is 41.6 Å². The van der Waals surface area contributed by atoms with Gasteiger partial charge in [0.1, 0.15) is 0 Å². The Morgan fingerprint density at radius 3 is 2.56 bits per heavy atom. The number of benzene rings is 1. The van der Waals surface area contributed by atoms with Gasteiger partial charge < -0.3 is 20.0 Å². The fraction of sp³-hybridized carbons (Fsp3) is 0.450. The third-order valence-corrected chi connectivity index (χ3v) is 5.17. The number of rotatable bonds is 7. The van der Waals surface area contributed by atoms with E-state index < -0.39 is 0 Å². The highest BCUT2D eigenvalue weighted by molar-refractivity contribution is 7.80. The minimum absolute atomic E-state index is 0.323. The van der Waals surface area contributed by atoms with Crippen molar-refractivity contribution >= 4 is 17.3 Å². The van der Waals surface area contributed by atoms with Crippen molar-refractivity contribution in [3.8, 4) is 0 Å². The van der Waals surface area contributed by atoms with Gasteiger partial charge in [-0.25, -0.2) is 0 Å². The SMILES string of the molecule is S=C(NCCc1ccccc1)NC[C@H](c1ccco1)[NH+]1CCCCC1. The summed E-state index contributed by atoms with van der Waals surface area (Å²) >= 11 is 5.46. The first-order chi connectivity index (χ1) is 12.3. The maximum Gasteiger partial charge on any atom is 0.166 e. The number of thiocarbonyl (C=S) groups is 1. The van der Waals surface area contributed by atoms with Crippen molar-refractivity contribution in [2.45, 2.75) is 31.7 Å². The molecule has 1 aromatic heterocycles. The summed E-state index contributed by atoms with van der Waals surface area (Å²) in [5.74, 6) is 1.05. The van der Waals surface area contributed by atoms with Crippen LogP contribution in [0.2, 0.25) is 0 Å². The molecule has 4 nitrogen and oxygen atoms in total. The van der Waals surface area contributed by atoms with Gasteiger partial charge in [-0.3, -0.25) is 0 Å². The standard InChI is InChI=1S/C20H27N3OS/c25-20(21-12-11-17-8-3-1-4-9-17)22-16-18(19-10-7-15-24-19)23-13-5-2-6-14-23/h1,3-4,7-10,15,18H,2,5-6,11-14,16H2,(H2,21,22,25)/p+1/t18-/m1/s1. The number of furan rings is 1. The summed E-state index contributed by atoms with van der Waals surface area (Å²) in [4.78, 5) is 1.60. The van der Waals surface area contributed by atoms with Crippen LogP contribution in [-0.2, 0) is 6.42 Å². The lowest BCUT2D eigenvalue weighted by Gasteiger charge is -2.30. The molecule has 1 atom stereocenters. The molecule has 5 heteroatoms. The van der Waals surface area contributed by atoms with Crippen LogP contribution in [0.15, 0.2) is 53.1 Å². The van der Waals surface area contributed by atoms with Gasteiger partial charge in [0, 0.05) is 6.54 Å². The van der Waals surface area contributed by atoms with Crippen molar-refractivity contribution in [3.63, 3.8) is 0 Å². The van der Waals surface area contributed by atoms with Crippen LogP contribution in [0.25, 0.3) is 0 Å². The maximum atomic E-state index is 5.70. The molecule has 0 saturated carbocycles. The number of piperidine rings is 1. The molecule has 25 heavy (non-hydrogen) atoms. The molecule has 1 aromatic carbocycles. The van der Waals surface area contributed by atoms with Gasteiger partial charge in [-0.15, -0.1) is 0 Å². The summed E-state index contributed by atoms with van der Waals surface area (Å²) in [6, 6.07) is 14.9. The van der Waals surface area contributed by atoms with Crippen molar-refractivity contribution < 1.29 is 9.32 Å². The van der Waals surface area contributed by atoms with Crippen LogP contribution in [-0.4, -0.2) is 31.3 Å². The monoisotopic (exact) mass is 358 g/mol. The van der Waals surface area contributed by atoms with E-state index >= 15 is 0 Å². The lowest BCUT2D eigenvalue weighted by Crippen LogP contribution is -3.13. The predicted octanol–water partition coefficient (Wildman–Crippen LogP) is 2.10. The van der Waals surface area contributed by atoms with Crippen molar-refractivity contribution in [1.29, 1.82) is 0 Å². The average Bonchev–Trinajstić information content (AvgIpc) is 3.18. The molecule has 0 aliphatic carbocycles. The molecule has 1 aliphatic heterocycles. The largest absolute Gasteiger partial charge is 0.463 e. The number of likely N-dealkylation sites (tertiary alicyclic amines) is 1. The summed E-state index contributed by atoms with van der Waals surface area (Å²) in [7, 11) is 0. The zero-order valence-electron chi connectivity index (χ0n) is 14.7. The Labute approximate surface area is 155 Å². The fourth-order valence-corrected chi connectivity index (χ4v) is 3.70. The number of hydrogen-bond acceptors (Lipinski definition) is 2. The molecule has 0 spiro atoms. The van der Waals surface area contributed by atoms with E-state index in [0.717, 1.165) is 30.4 Å². The zero-order valence-corrected chi connectivity index (χ0v) is 15.5. The van der Waals surface area contributed by atoms with Gasteiger partial charge >= 0.3 is 0 Å². The molecule has 0 unspecified atom stereocenters. The van der Waals surface area contributed by atoms with Crippen molar-refractivity contribution in [3.05, 3.63) is 60.1 Å². The van der Waals surface area contributed by atoms with Crippen LogP contribution in [0.5, 0.6) is 0 Å². The predicted molar refractivity (Wildman–Crippen MR) is 105 cm³/mol. The lowest BCUT2D eigenvalue weighted by molar-refractivity contribution is -0.936. The lowest BCUT2D eigenvalue weighted by atomic mass is 10.1. The molecule has 134 valence electrons. The first-order valence-electron chi connectivity index (χ1n) is 9.26. The van der Waals surface area contributed by atoms with E-state index in [9.17, 15) is 0 Å². The van der Waals surface area contributed by atoms with Crippen molar-refractivity contribution in [2.75, 3.05) is 26.2 Å². The molecule has 2 heterocycles. The maximum absolute atomic E-state index is 5.70. The molecule has 2 aromatic rings. The van der Waals surface area contributed by atoms with E-state index in [-0.39, 0.29) is 0 Å². The Balaban J connectivity index is 1.46. The molecule has 0 radical (unpaired) electrons. The highest BCUT2D eigenvalue weighted by Crippen LogP contribution is 2.11. The Morgan fingerprint density at radius 2 is 1.84 bits per heavy atom. The van der Waals surface area contributed by atoms with Crippen LogP contribution < -0.4 is 15.5 Å². The van der Waals surface area contributed by atoms with Gasteiger partial charge in [-0.05, 0) is 55.6 Å². The highest BCUT2D eigenvalue weighted by atomic mass is 32.1. The van der Waals surface area contributed by atoms with E-state index in [0.29, 0.717) is 6.04 Å². The summed E-state index contributed by atoms with van der Waals surface area (Å²) in [5.41, 5.74) is 1.32. The minimum atomic E-state index is 0.323. The van der Waals surface area contributed by atoms with Gasteiger partial charge in [-0.1, -0.05) is 30.3 Å². The van der Waals surface area contributed by atoms with E-state index in [4.69, 9.17) is 16.6 Å². The smallest absolute Gasteiger partial charge is 0.166 e. The molecular weight excluding hydrogens is 330 g/mol. The number of quaternary nitrogens is 1. The quantitative estimate of drug-likeness (QED) is 0.663. The summed E-state index contributed by atoms with van der Waals surface area (Å²) in [5, 5.41) is 7.44. The first-order valence-corrected chi connectivity index (χ1v) is 9.67. The zero-order chi connectivity index (χ0) is 17.3. The first kappa shape index (κ1) is 18.0. The summed E-state index contributed by atoms with van der Waals surface area (Å²) < 4.78 is 5.70. The Morgan fingerprint density at radius 1 is 1.04 bits per heavy atom. The van der Waals surface area contributed by atoms with E-state index in [1.807, 2.05) is 12.1 Å². The van der Waals surface area contributed by atoms with E-state index in [2.05, 4.69) is 41.0 Å². The third kappa shape index (κ3) is 5.58. The molecule has 3 N–H and O–H groups in total.